The molecule has 11 rings (SSSR count). The maximum absolute atomic E-state index is 11.4. The molecule has 0 saturated carbocycles. The van der Waals surface area contributed by atoms with Crippen molar-refractivity contribution in [3.63, 3.8) is 0 Å². The predicted octanol–water partition coefficient (Wildman–Crippen LogP) is 22.5. The lowest BCUT2D eigenvalue weighted by Crippen LogP contribution is -2.49. The number of rotatable bonds is 2. The number of benzene rings is 5. The van der Waals surface area contributed by atoms with Crippen LogP contribution in [0.2, 0.25) is 0 Å². The molecule has 0 bridgehead atoms. The Kier molecular flexibility index (Phi) is 39.3. The van der Waals surface area contributed by atoms with Crippen LogP contribution in [0.5, 0.6) is 11.6 Å². The first kappa shape index (κ1) is 92.3. The lowest BCUT2D eigenvalue weighted by molar-refractivity contribution is 0.218. The summed E-state index contributed by atoms with van der Waals surface area (Å²) >= 11 is 1.74. The van der Waals surface area contributed by atoms with Crippen LogP contribution in [0.4, 0.5) is 33.6 Å². The summed E-state index contributed by atoms with van der Waals surface area (Å²) < 4.78 is 6.82. The van der Waals surface area contributed by atoms with Crippen molar-refractivity contribution in [3.8, 4) is 17.7 Å². The minimum Gasteiger partial charge on any atom is -0.494 e. The van der Waals surface area contributed by atoms with Crippen molar-refractivity contribution in [2.75, 3.05) is 92.4 Å². The van der Waals surface area contributed by atoms with E-state index in [4.69, 9.17) is 10.00 Å². The quantitative estimate of drug-likeness (QED) is 0.179. The van der Waals surface area contributed by atoms with Crippen LogP contribution in [0.3, 0.4) is 0 Å². The number of allylic oxidation sites excluding steroid dienone is 1. The molecular formula is C87H139N9O3S. The van der Waals surface area contributed by atoms with Crippen molar-refractivity contribution in [3.05, 3.63) is 185 Å². The van der Waals surface area contributed by atoms with Gasteiger partial charge >= 0.3 is 0 Å². The maximum Gasteiger partial charge on any atom is 0.271 e. The Hall–Kier alpha value is -7.69. The van der Waals surface area contributed by atoms with Gasteiger partial charge in [-0.25, -0.2) is 4.98 Å². The molecule has 6 heterocycles. The van der Waals surface area contributed by atoms with E-state index < -0.39 is 5.56 Å². The Morgan fingerprint density at radius 2 is 1.01 bits per heavy atom. The molecule has 5 aromatic carbocycles. The molecular weight excluding hydrogens is 1250 g/mol. The first-order chi connectivity index (χ1) is 46.8. The Morgan fingerprint density at radius 3 is 1.48 bits per heavy atom. The number of ether oxygens (including phenoxy) is 1. The number of aromatic hydroxyl groups is 1. The van der Waals surface area contributed by atoms with Crippen molar-refractivity contribution >= 4 is 50.5 Å². The average Bonchev–Trinajstić information content (AvgIpc) is 1.13. The highest BCUT2D eigenvalue weighted by molar-refractivity contribution is 7.15. The van der Waals surface area contributed by atoms with Crippen LogP contribution in [-0.4, -0.2) is 100 Å². The van der Waals surface area contributed by atoms with E-state index in [-0.39, 0.29) is 28.1 Å². The van der Waals surface area contributed by atoms with Gasteiger partial charge in [0.05, 0.1) is 22.5 Å². The van der Waals surface area contributed by atoms with Crippen molar-refractivity contribution in [1.29, 1.82) is 5.26 Å². The van der Waals surface area contributed by atoms with E-state index in [1.165, 1.54) is 96.9 Å². The van der Waals surface area contributed by atoms with Gasteiger partial charge in [-0.2, -0.15) is 5.26 Å². The third kappa shape index (κ3) is 24.8. The molecule has 0 radical (unpaired) electrons. The summed E-state index contributed by atoms with van der Waals surface area (Å²) in [4.78, 5) is 30.6. The highest BCUT2D eigenvalue weighted by Crippen LogP contribution is 2.44. The lowest BCUT2D eigenvalue weighted by atomic mass is 9.80. The fourth-order valence-electron chi connectivity index (χ4n) is 11.5. The minimum absolute atomic E-state index is 0.0819. The summed E-state index contributed by atoms with van der Waals surface area (Å²) in [5.74, 6) is 2.26. The largest absolute Gasteiger partial charge is 0.494 e. The molecule has 1 N–H and O–H groups in total. The maximum atomic E-state index is 11.4. The second-order valence-corrected chi connectivity index (χ2v) is 28.8. The van der Waals surface area contributed by atoms with Gasteiger partial charge in [0.1, 0.15) is 24.0 Å². The van der Waals surface area contributed by atoms with Crippen molar-refractivity contribution in [2.45, 2.75) is 242 Å². The van der Waals surface area contributed by atoms with Gasteiger partial charge < -0.3 is 39.2 Å². The normalized spacial score (nSPS) is 15.9. The number of nitriles is 1. The van der Waals surface area contributed by atoms with Crippen molar-refractivity contribution in [1.82, 2.24) is 9.55 Å². The SMILES string of the molecule is CC.CC.CC.CC.CC.CC1=CC(C)(C)N(C)c2ccc(C)cc21.Cc1c(C)c(O)n(C)c(=O)c1C#N.Cc1ccc(N(C)C)cc1.Cc1ccc2c(c1)C(C)C(C)N2C.Cc1ccc2c(c1)C(C)CC(C)(C)N2C.Cc1ccc2c(c1)OCC(C)(C)N2C.Cc1nc(N(C)C)sc1C. The molecule has 4 aliphatic rings. The van der Waals surface area contributed by atoms with E-state index in [1.807, 2.05) is 115 Å². The Bertz CT molecular complexity index is 3710. The minimum atomic E-state index is -0.455. The number of anilines is 6. The van der Waals surface area contributed by atoms with Gasteiger partial charge in [-0.05, 0) is 206 Å². The second-order valence-electron chi connectivity index (χ2n) is 27.6. The number of aromatic nitrogens is 2. The third-order valence-corrected chi connectivity index (χ3v) is 19.9. The van der Waals surface area contributed by atoms with Crippen LogP contribution in [0.15, 0.2) is 108 Å². The van der Waals surface area contributed by atoms with E-state index >= 15 is 0 Å². The van der Waals surface area contributed by atoms with Crippen LogP contribution in [-0.2, 0) is 7.05 Å². The van der Waals surface area contributed by atoms with Gasteiger partial charge in [0.2, 0.25) is 0 Å². The number of hydrogen-bond acceptors (Lipinski definition) is 12. The van der Waals surface area contributed by atoms with Crippen LogP contribution >= 0.6 is 11.3 Å². The average molecular weight is 1390 g/mol. The molecule has 2 aromatic heterocycles. The Morgan fingerprint density at radius 1 is 0.560 bits per heavy atom. The standard InChI is InChI=1S/C14H21N.C14H19N.C12H17NO.C12H17N.C9H10N2O2.C9H13N.C7H12N2S.5C2H6/c2*1-10-6-7-13-12(8-10)11(2)9-14(3,4)15(13)5;1-9-5-6-10-11(7-9)14-8-12(2,3)13(10)4;1-8-5-6-12-11(7-8)9(2)10(3)13(12)4;1-5-6(2)8(12)11(3)9(13)7(5)4-10;1-8-4-6-9(7-5-8)10(2)3;1-5-6(2)10-7(8-5)9(3)4;5*1-2/h6-8,11H,9H2,1-5H3;6-9H,1-5H3;5-7H,8H2,1-4H3;5-7,9-10H,1-4H3;12H,1-3H3;4-7H,1-3H3;1-4H3;5*1-2H3. The van der Waals surface area contributed by atoms with E-state index in [0.717, 1.165) is 27.7 Å². The van der Waals surface area contributed by atoms with Crippen LogP contribution < -0.4 is 39.7 Å². The highest BCUT2D eigenvalue weighted by atomic mass is 32.1. The van der Waals surface area contributed by atoms with Crippen LogP contribution in [0, 0.1) is 73.6 Å². The molecule has 3 atom stereocenters. The number of hydrogen-bond donors (Lipinski definition) is 1. The van der Waals surface area contributed by atoms with Gasteiger partial charge in [-0.15, -0.1) is 11.3 Å². The van der Waals surface area contributed by atoms with Gasteiger partial charge in [-0.3, -0.25) is 9.36 Å². The summed E-state index contributed by atoms with van der Waals surface area (Å²) in [7, 11) is 18.2. The molecule has 7 aromatic rings. The van der Waals surface area contributed by atoms with E-state index in [0.29, 0.717) is 29.0 Å². The molecule has 13 heteroatoms. The fraction of sp³-hybridized carbons (Fsp3) is 0.529. The Labute approximate surface area is 615 Å². The van der Waals surface area contributed by atoms with Gasteiger partial charge in [-0.1, -0.05) is 160 Å². The molecule has 3 unspecified atom stereocenters. The molecule has 0 saturated heterocycles. The zero-order valence-corrected chi connectivity index (χ0v) is 71.0. The number of pyridine rings is 1. The first-order valence-corrected chi connectivity index (χ1v) is 37.4. The number of aryl methyl sites for hydroxylation is 7. The van der Waals surface area contributed by atoms with Gasteiger partial charge in [0.15, 0.2) is 11.0 Å². The van der Waals surface area contributed by atoms with Crippen LogP contribution in [0.1, 0.15) is 229 Å². The molecule has 100 heavy (non-hydrogen) atoms. The molecule has 0 fully saturated rings. The lowest BCUT2D eigenvalue weighted by Gasteiger charge is -2.45. The fourth-order valence-corrected chi connectivity index (χ4v) is 12.3. The molecule has 556 valence electrons. The van der Waals surface area contributed by atoms with E-state index in [9.17, 15) is 9.90 Å². The molecule has 0 amide bonds. The number of nitrogens with zero attached hydrogens (tertiary/aromatic N) is 9. The zero-order chi connectivity index (χ0) is 77.8. The molecule has 12 nitrogen and oxygen atoms in total. The predicted molar refractivity (Wildman–Crippen MR) is 446 cm³/mol. The zero-order valence-electron chi connectivity index (χ0n) is 70.2. The summed E-state index contributed by atoms with van der Waals surface area (Å²) in [6.45, 7) is 61.5. The number of likely N-dealkylation sites (N-methyl/N-ethyl adjacent to an activating group) is 3. The summed E-state index contributed by atoms with van der Waals surface area (Å²) in [5, 5.41) is 19.2. The molecule has 0 spiro atoms. The van der Waals surface area contributed by atoms with E-state index in [1.54, 1.807) is 25.2 Å². The number of fused-ring (bicyclic) bond motifs is 4. The topological polar surface area (TPSA) is 108 Å². The summed E-state index contributed by atoms with van der Waals surface area (Å²) in [6, 6.07) is 37.6. The van der Waals surface area contributed by atoms with Gasteiger partial charge in [0, 0.05) is 120 Å². The third-order valence-electron chi connectivity index (χ3n) is 18.7. The smallest absolute Gasteiger partial charge is 0.271 e. The van der Waals surface area contributed by atoms with Crippen molar-refractivity contribution < 1.29 is 9.84 Å². The highest BCUT2D eigenvalue weighted by Gasteiger charge is 2.35. The van der Waals surface area contributed by atoms with Crippen LogP contribution in [0.25, 0.3) is 5.57 Å². The molecule has 0 aliphatic carbocycles. The summed E-state index contributed by atoms with van der Waals surface area (Å²) in [5.41, 5.74) is 21.4. The first-order valence-electron chi connectivity index (χ1n) is 36.6. The van der Waals surface area contributed by atoms with Crippen molar-refractivity contribution in [2.24, 2.45) is 7.05 Å². The molecule has 4 aliphatic heterocycles. The Balaban J connectivity index is 0.00000112. The second kappa shape index (κ2) is 42.5. The monoisotopic (exact) mass is 1390 g/mol. The number of thiazole rings is 1. The van der Waals surface area contributed by atoms with E-state index in [2.05, 4.69) is 272 Å². The summed E-state index contributed by atoms with van der Waals surface area (Å²) in [6.07, 6.45) is 3.58. The van der Waals surface area contributed by atoms with Gasteiger partial charge in [0.25, 0.3) is 5.56 Å².